The van der Waals surface area contributed by atoms with Crippen LogP contribution >= 0.6 is 0 Å². The average Bonchev–Trinajstić information content (AvgIpc) is 2.62. The fraction of sp³-hybridized carbons (Fsp3) is 0.421. The fourth-order valence-electron chi connectivity index (χ4n) is 3.27. The molecule has 5 nitrogen and oxygen atoms in total. The van der Waals surface area contributed by atoms with Crippen LogP contribution in [0.3, 0.4) is 0 Å². The van der Waals surface area contributed by atoms with Crippen LogP contribution in [0.25, 0.3) is 10.9 Å². The summed E-state index contributed by atoms with van der Waals surface area (Å²) in [6.07, 6.45) is 2.79. The van der Waals surface area contributed by atoms with Gasteiger partial charge < -0.3 is 9.64 Å². The maximum atomic E-state index is 14.0. The van der Waals surface area contributed by atoms with E-state index in [4.69, 9.17) is 4.74 Å². The molecule has 0 radical (unpaired) electrons. The molecule has 1 amide bonds. The van der Waals surface area contributed by atoms with Crippen molar-refractivity contribution in [2.45, 2.75) is 38.6 Å². The van der Waals surface area contributed by atoms with Gasteiger partial charge in [-0.25, -0.2) is 9.37 Å². The van der Waals surface area contributed by atoms with Gasteiger partial charge in [-0.15, -0.1) is 0 Å². The van der Waals surface area contributed by atoms with Gasteiger partial charge in [0.15, 0.2) is 0 Å². The molecule has 25 heavy (non-hydrogen) atoms. The minimum absolute atomic E-state index is 0.182. The number of aromatic nitrogens is 1. The second kappa shape index (κ2) is 7.59. The Morgan fingerprint density at radius 1 is 1.28 bits per heavy atom. The molecule has 1 saturated heterocycles. The number of halogens is 1. The largest absolute Gasteiger partial charge is 0.466 e. The zero-order chi connectivity index (χ0) is 17.8. The predicted octanol–water partition coefficient (Wildman–Crippen LogP) is 3.32. The lowest BCUT2D eigenvalue weighted by atomic mass is 9.98. The molecule has 0 spiro atoms. The lowest BCUT2D eigenvalue weighted by molar-refractivity contribution is -0.144. The molecule has 0 saturated carbocycles. The van der Waals surface area contributed by atoms with E-state index in [1.54, 1.807) is 36.1 Å². The van der Waals surface area contributed by atoms with Crippen LogP contribution in [0.2, 0.25) is 0 Å². The van der Waals surface area contributed by atoms with Crippen LogP contribution < -0.4 is 0 Å². The number of piperidine rings is 1. The Morgan fingerprint density at radius 3 is 2.92 bits per heavy atom. The van der Waals surface area contributed by atoms with E-state index in [1.807, 2.05) is 0 Å². The van der Waals surface area contributed by atoms with Crippen LogP contribution in [0.15, 0.2) is 30.3 Å². The summed E-state index contributed by atoms with van der Waals surface area (Å²) in [5.41, 5.74) is 0.390. The summed E-state index contributed by atoms with van der Waals surface area (Å²) in [5, 5.41) is 0.651. The van der Waals surface area contributed by atoms with Gasteiger partial charge in [0.1, 0.15) is 17.0 Å². The second-order valence-electron chi connectivity index (χ2n) is 6.17. The van der Waals surface area contributed by atoms with E-state index in [0.29, 0.717) is 18.5 Å². The highest BCUT2D eigenvalue weighted by Gasteiger charge is 2.30. The van der Waals surface area contributed by atoms with Gasteiger partial charge in [-0.05, 0) is 38.3 Å². The standard InChI is InChI=1S/C19H21FN2O3/c1-2-25-17(23)12-14-7-3-4-11-22(14)19(24)16-10-9-13-6-5-8-15(20)18(13)21-16/h5-6,8-10,14H,2-4,7,11-12H2,1H3/t14-/m1/s1. The number of benzene rings is 1. The first-order valence-corrected chi connectivity index (χ1v) is 8.62. The first kappa shape index (κ1) is 17.3. The Kier molecular flexibility index (Phi) is 5.26. The molecule has 1 fully saturated rings. The van der Waals surface area contributed by atoms with E-state index in [-0.39, 0.29) is 35.5 Å². The number of amides is 1. The lowest BCUT2D eigenvalue weighted by Crippen LogP contribution is -2.45. The molecule has 1 aromatic carbocycles. The molecular weight excluding hydrogens is 323 g/mol. The highest BCUT2D eigenvalue weighted by Crippen LogP contribution is 2.23. The number of carbonyl (C=O) groups is 2. The molecule has 2 heterocycles. The van der Waals surface area contributed by atoms with Crippen LogP contribution in [-0.4, -0.2) is 41.0 Å². The third kappa shape index (κ3) is 3.78. The van der Waals surface area contributed by atoms with Gasteiger partial charge in [0, 0.05) is 18.0 Å². The van der Waals surface area contributed by atoms with Crippen molar-refractivity contribution in [1.29, 1.82) is 0 Å². The molecule has 6 heteroatoms. The van der Waals surface area contributed by atoms with Crippen molar-refractivity contribution in [3.05, 3.63) is 41.8 Å². The van der Waals surface area contributed by atoms with E-state index in [2.05, 4.69) is 4.98 Å². The number of hydrogen-bond acceptors (Lipinski definition) is 4. The van der Waals surface area contributed by atoms with Gasteiger partial charge in [-0.1, -0.05) is 18.2 Å². The number of rotatable bonds is 4. The van der Waals surface area contributed by atoms with Crippen molar-refractivity contribution >= 4 is 22.8 Å². The predicted molar refractivity (Wildman–Crippen MR) is 91.6 cm³/mol. The Labute approximate surface area is 145 Å². The maximum absolute atomic E-state index is 14.0. The quantitative estimate of drug-likeness (QED) is 0.799. The normalized spacial score (nSPS) is 17.5. The number of likely N-dealkylation sites (tertiary alicyclic amines) is 1. The molecule has 1 aliphatic rings. The number of hydrogen-bond donors (Lipinski definition) is 0. The molecule has 1 aromatic heterocycles. The van der Waals surface area contributed by atoms with Gasteiger partial charge in [-0.2, -0.15) is 0 Å². The summed E-state index contributed by atoms with van der Waals surface area (Å²) in [6.45, 7) is 2.65. The highest BCUT2D eigenvalue weighted by atomic mass is 19.1. The van der Waals surface area contributed by atoms with Crippen LogP contribution in [0.1, 0.15) is 43.1 Å². The van der Waals surface area contributed by atoms with Crippen molar-refractivity contribution < 1.29 is 18.7 Å². The topological polar surface area (TPSA) is 59.5 Å². The highest BCUT2D eigenvalue weighted by molar-refractivity contribution is 5.95. The molecule has 2 aromatic rings. The molecular formula is C19H21FN2O3. The Bertz CT molecular complexity index is 793. The van der Waals surface area contributed by atoms with Crippen LogP contribution in [0.5, 0.6) is 0 Å². The summed E-state index contributed by atoms with van der Waals surface area (Å²) in [7, 11) is 0. The fourth-order valence-corrected chi connectivity index (χ4v) is 3.27. The Morgan fingerprint density at radius 2 is 2.12 bits per heavy atom. The molecule has 0 unspecified atom stereocenters. The number of ether oxygens (including phenoxy) is 1. The molecule has 1 atom stereocenters. The smallest absolute Gasteiger partial charge is 0.307 e. The summed E-state index contributed by atoms with van der Waals surface area (Å²) in [5.74, 6) is -1.02. The molecule has 0 aliphatic carbocycles. The summed E-state index contributed by atoms with van der Waals surface area (Å²) in [6, 6.07) is 7.81. The minimum Gasteiger partial charge on any atom is -0.466 e. The average molecular weight is 344 g/mol. The first-order chi connectivity index (χ1) is 12.1. The maximum Gasteiger partial charge on any atom is 0.307 e. The van der Waals surface area contributed by atoms with Crippen molar-refractivity contribution in [1.82, 2.24) is 9.88 Å². The van der Waals surface area contributed by atoms with Crippen molar-refractivity contribution in [2.75, 3.05) is 13.2 Å². The number of nitrogens with zero attached hydrogens (tertiary/aromatic N) is 2. The summed E-state index contributed by atoms with van der Waals surface area (Å²) >= 11 is 0. The molecule has 3 rings (SSSR count). The monoisotopic (exact) mass is 344 g/mol. The van der Waals surface area contributed by atoms with E-state index < -0.39 is 5.82 Å². The van der Waals surface area contributed by atoms with Gasteiger partial charge in [0.05, 0.1) is 13.0 Å². The van der Waals surface area contributed by atoms with Crippen LogP contribution in [0.4, 0.5) is 4.39 Å². The van der Waals surface area contributed by atoms with E-state index in [9.17, 15) is 14.0 Å². The molecule has 0 bridgehead atoms. The van der Waals surface area contributed by atoms with Gasteiger partial charge in [0.2, 0.25) is 0 Å². The molecule has 0 N–H and O–H groups in total. The molecule has 132 valence electrons. The van der Waals surface area contributed by atoms with Crippen LogP contribution in [0, 0.1) is 5.82 Å². The number of para-hydroxylation sites is 1. The van der Waals surface area contributed by atoms with Crippen molar-refractivity contribution in [3.8, 4) is 0 Å². The third-order valence-electron chi connectivity index (χ3n) is 4.49. The van der Waals surface area contributed by atoms with Crippen LogP contribution in [-0.2, 0) is 9.53 Å². The lowest BCUT2D eigenvalue weighted by Gasteiger charge is -2.35. The van der Waals surface area contributed by atoms with E-state index in [0.717, 1.165) is 19.3 Å². The Hall–Kier alpha value is -2.50. The number of esters is 1. The first-order valence-electron chi connectivity index (χ1n) is 8.62. The number of carbonyl (C=O) groups excluding carboxylic acids is 2. The Balaban J connectivity index is 1.84. The number of pyridine rings is 1. The summed E-state index contributed by atoms with van der Waals surface area (Å²) in [4.78, 5) is 30.6. The number of fused-ring (bicyclic) bond motifs is 1. The van der Waals surface area contributed by atoms with Gasteiger partial charge in [-0.3, -0.25) is 9.59 Å². The van der Waals surface area contributed by atoms with Crippen molar-refractivity contribution in [3.63, 3.8) is 0 Å². The zero-order valence-corrected chi connectivity index (χ0v) is 14.2. The van der Waals surface area contributed by atoms with Gasteiger partial charge >= 0.3 is 5.97 Å². The summed E-state index contributed by atoms with van der Waals surface area (Å²) < 4.78 is 19.0. The van der Waals surface area contributed by atoms with E-state index in [1.165, 1.54) is 6.07 Å². The third-order valence-corrected chi connectivity index (χ3v) is 4.49. The molecule has 1 aliphatic heterocycles. The zero-order valence-electron chi connectivity index (χ0n) is 14.2. The van der Waals surface area contributed by atoms with E-state index >= 15 is 0 Å². The SMILES string of the molecule is CCOC(=O)C[C@H]1CCCCN1C(=O)c1ccc2cccc(F)c2n1. The minimum atomic E-state index is -0.450. The van der Waals surface area contributed by atoms with Gasteiger partial charge in [0.25, 0.3) is 5.91 Å². The van der Waals surface area contributed by atoms with Crippen molar-refractivity contribution in [2.24, 2.45) is 0 Å². The second-order valence-corrected chi connectivity index (χ2v) is 6.17.